The quantitative estimate of drug-likeness (QED) is 0.746. The van der Waals surface area contributed by atoms with Crippen molar-refractivity contribution in [3.05, 3.63) is 0 Å². The number of carboxylic acid groups (broad SMARTS) is 1. The van der Waals surface area contributed by atoms with Gasteiger partial charge in [0.15, 0.2) is 0 Å². The second kappa shape index (κ2) is 8.48. The Bertz CT molecular complexity index is 359. The van der Waals surface area contributed by atoms with Gasteiger partial charge < -0.3 is 20.1 Å². The molecule has 1 unspecified atom stereocenters. The third-order valence-corrected chi connectivity index (χ3v) is 4.85. The van der Waals surface area contributed by atoms with Crippen LogP contribution in [0.15, 0.2) is 0 Å². The van der Waals surface area contributed by atoms with Crippen molar-refractivity contribution in [2.45, 2.75) is 32.2 Å². The summed E-state index contributed by atoms with van der Waals surface area (Å²) in [5.41, 5.74) is -0.892. The van der Waals surface area contributed by atoms with E-state index >= 15 is 0 Å². The third kappa shape index (κ3) is 5.07. The molecule has 0 bridgehead atoms. The molecule has 0 aromatic rings. The van der Waals surface area contributed by atoms with Crippen LogP contribution in [0.2, 0.25) is 0 Å². The van der Waals surface area contributed by atoms with Gasteiger partial charge in [0.25, 0.3) is 0 Å². The number of hydrogen-bond acceptors (Lipinski definition) is 4. The number of carbonyl (C=O) groups is 2. The topological polar surface area (TPSA) is 78.9 Å². The number of aliphatic carboxylic acids is 1. The maximum Gasteiger partial charge on any atom is 0.317 e. The summed E-state index contributed by atoms with van der Waals surface area (Å²) in [4.78, 5) is 25.3. The Balaban J connectivity index is 2.51. The summed E-state index contributed by atoms with van der Waals surface area (Å²) < 4.78 is 5.22. The van der Waals surface area contributed by atoms with E-state index in [1.165, 1.54) is 0 Å². The molecule has 2 amide bonds. The van der Waals surface area contributed by atoms with E-state index in [0.717, 1.165) is 12.2 Å². The van der Waals surface area contributed by atoms with Crippen LogP contribution in [0.4, 0.5) is 4.79 Å². The number of thioether (sulfide) groups is 1. The molecular weight excluding hydrogens is 292 g/mol. The molecule has 0 aromatic heterocycles. The minimum absolute atomic E-state index is 0.132. The average molecular weight is 318 g/mol. The van der Waals surface area contributed by atoms with E-state index in [9.17, 15) is 14.7 Å². The Morgan fingerprint density at radius 2 is 2.05 bits per heavy atom. The molecule has 21 heavy (non-hydrogen) atoms. The Morgan fingerprint density at radius 3 is 2.57 bits per heavy atom. The predicted molar refractivity (Wildman–Crippen MR) is 83.7 cm³/mol. The Labute approximate surface area is 130 Å². The van der Waals surface area contributed by atoms with Crippen LogP contribution in [0.1, 0.15) is 26.2 Å². The number of nitrogens with zero attached hydrogens (tertiary/aromatic N) is 1. The summed E-state index contributed by atoms with van der Waals surface area (Å²) >= 11 is 1.75. The van der Waals surface area contributed by atoms with Crippen molar-refractivity contribution in [3.8, 4) is 0 Å². The number of ether oxygens (including phenoxy) is 1. The van der Waals surface area contributed by atoms with Gasteiger partial charge >= 0.3 is 12.0 Å². The predicted octanol–water partition coefficient (Wildman–Crippen LogP) is 1.65. The van der Waals surface area contributed by atoms with Crippen LogP contribution in [0.5, 0.6) is 0 Å². The van der Waals surface area contributed by atoms with Crippen molar-refractivity contribution in [2.24, 2.45) is 5.41 Å². The van der Waals surface area contributed by atoms with Crippen LogP contribution in [0.3, 0.4) is 0 Å². The van der Waals surface area contributed by atoms with Crippen molar-refractivity contribution in [3.63, 3.8) is 0 Å². The van der Waals surface area contributed by atoms with Gasteiger partial charge in [-0.1, -0.05) is 0 Å². The van der Waals surface area contributed by atoms with Crippen molar-refractivity contribution >= 4 is 23.8 Å². The molecule has 122 valence electrons. The lowest BCUT2D eigenvalue weighted by Gasteiger charge is -2.34. The molecular formula is C14H26N2O4S. The molecule has 0 aromatic carbocycles. The molecule has 1 aliphatic rings. The lowest BCUT2D eigenvalue weighted by Crippen LogP contribution is -2.50. The van der Waals surface area contributed by atoms with Gasteiger partial charge in [0.05, 0.1) is 5.41 Å². The van der Waals surface area contributed by atoms with E-state index in [2.05, 4.69) is 5.32 Å². The lowest BCUT2D eigenvalue weighted by molar-refractivity contribution is -0.154. The summed E-state index contributed by atoms with van der Waals surface area (Å²) in [6.07, 6.45) is 3.83. The summed E-state index contributed by atoms with van der Waals surface area (Å²) in [6.45, 7) is 3.02. The van der Waals surface area contributed by atoms with Gasteiger partial charge in [-0.05, 0) is 38.2 Å². The van der Waals surface area contributed by atoms with Gasteiger partial charge in [0.2, 0.25) is 0 Å². The first kappa shape index (κ1) is 18.1. The molecule has 7 heteroatoms. The van der Waals surface area contributed by atoms with Gasteiger partial charge in [-0.3, -0.25) is 4.79 Å². The van der Waals surface area contributed by atoms with Crippen molar-refractivity contribution in [2.75, 3.05) is 38.8 Å². The number of nitrogens with one attached hydrogen (secondary N) is 1. The fourth-order valence-corrected chi connectivity index (χ4v) is 2.86. The monoisotopic (exact) mass is 318 g/mol. The minimum atomic E-state index is -0.892. The molecule has 1 atom stereocenters. The van der Waals surface area contributed by atoms with E-state index in [0.29, 0.717) is 26.1 Å². The molecule has 0 spiro atoms. The zero-order valence-electron chi connectivity index (χ0n) is 13.1. The van der Waals surface area contributed by atoms with Crippen LogP contribution in [0.25, 0.3) is 0 Å². The summed E-state index contributed by atoms with van der Waals surface area (Å²) in [7, 11) is 1.75. The summed E-state index contributed by atoms with van der Waals surface area (Å²) in [5, 5.41) is 12.2. The number of rotatable bonds is 7. The van der Waals surface area contributed by atoms with Crippen molar-refractivity contribution in [1.82, 2.24) is 10.2 Å². The maximum absolute atomic E-state index is 12.1. The van der Waals surface area contributed by atoms with E-state index < -0.39 is 11.4 Å². The molecule has 0 saturated carbocycles. The second-order valence-electron chi connectivity index (χ2n) is 5.60. The standard InChI is InChI=1S/C14H26N2O4S/c1-11(4-9-21-3)16(2)13(19)15-10-14(12(17)18)5-7-20-8-6-14/h11H,4-10H2,1-3H3,(H,15,19)(H,17,18). The first-order chi connectivity index (χ1) is 9.93. The number of carboxylic acids is 1. The van der Waals surface area contributed by atoms with Crippen LogP contribution in [-0.2, 0) is 9.53 Å². The maximum atomic E-state index is 12.1. The van der Waals surface area contributed by atoms with Crippen LogP contribution < -0.4 is 5.32 Å². The fourth-order valence-electron chi connectivity index (χ4n) is 2.28. The van der Waals surface area contributed by atoms with Crippen molar-refractivity contribution < 1.29 is 19.4 Å². The van der Waals surface area contributed by atoms with Gasteiger partial charge in [-0.2, -0.15) is 11.8 Å². The number of amides is 2. The molecule has 0 aliphatic carbocycles. The van der Waals surface area contributed by atoms with E-state index in [1.807, 2.05) is 13.2 Å². The highest BCUT2D eigenvalue weighted by atomic mass is 32.2. The molecule has 1 rings (SSSR count). The molecule has 2 N–H and O–H groups in total. The highest BCUT2D eigenvalue weighted by Crippen LogP contribution is 2.30. The number of urea groups is 1. The molecule has 1 heterocycles. The van der Waals surface area contributed by atoms with E-state index in [4.69, 9.17) is 4.74 Å². The smallest absolute Gasteiger partial charge is 0.317 e. The first-order valence-electron chi connectivity index (χ1n) is 7.23. The normalized spacial score (nSPS) is 18.8. The van der Waals surface area contributed by atoms with Gasteiger partial charge in [0, 0.05) is 32.8 Å². The Hall–Kier alpha value is -0.950. The van der Waals surface area contributed by atoms with Crippen LogP contribution in [0, 0.1) is 5.41 Å². The van der Waals surface area contributed by atoms with E-state index in [1.54, 1.807) is 23.7 Å². The highest BCUT2D eigenvalue weighted by molar-refractivity contribution is 7.98. The average Bonchev–Trinajstić information content (AvgIpc) is 2.50. The highest BCUT2D eigenvalue weighted by Gasteiger charge is 2.40. The Kier molecular flexibility index (Phi) is 7.31. The SMILES string of the molecule is CSCCC(C)N(C)C(=O)NCC1(C(=O)O)CCOCC1. The zero-order valence-corrected chi connectivity index (χ0v) is 13.9. The molecule has 1 aliphatic heterocycles. The molecule has 0 radical (unpaired) electrons. The Morgan fingerprint density at radius 1 is 1.43 bits per heavy atom. The summed E-state index contributed by atoms with van der Waals surface area (Å²) in [5.74, 6) is 0.138. The van der Waals surface area contributed by atoms with Gasteiger partial charge in [-0.25, -0.2) is 4.79 Å². The lowest BCUT2D eigenvalue weighted by atomic mass is 9.80. The minimum Gasteiger partial charge on any atom is -0.481 e. The fraction of sp³-hybridized carbons (Fsp3) is 0.857. The van der Waals surface area contributed by atoms with E-state index in [-0.39, 0.29) is 18.6 Å². The second-order valence-corrected chi connectivity index (χ2v) is 6.58. The largest absolute Gasteiger partial charge is 0.481 e. The zero-order chi connectivity index (χ0) is 15.9. The van der Waals surface area contributed by atoms with Gasteiger partial charge in [0.1, 0.15) is 0 Å². The molecule has 6 nitrogen and oxygen atoms in total. The van der Waals surface area contributed by atoms with Gasteiger partial charge in [-0.15, -0.1) is 0 Å². The first-order valence-corrected chi connectivity index (χ1v) is 8.63. The van der Waals surface area contributed by atoms with Crippen molar-refractivity contribution in [1.29, 1.82) is 0 Å². The molecule has 1 saturated heterocycles. The van der Waals surface area contributed by atoms with Crippen LogP contribution >= 0.6 is 11.8 Å². The summed E-state index contributed by atoms with van der Waals surface area (Å²) in [6, 6.07) is -0.0800. The number of hydrogen-bond donors (Lipinski definition) is 2. The third-order valence-electron chi connectivity index (χ3n) is 4.20. The molecule has 1 fully saturated rings. The van der Waals surface area contributed by atoms with Crippen LogP contribution in [-0.4, -0.2) is 66.9 Å². The number of carbonyl (C=O) groups excluding carboxylic acids is 1.